The van der Waals surface area contributed by atoms with Crippen LogP contribution in [0.1, 0.15) is 12.0 Å². The van der Waals surface area contributed by atoms with Gasteiger partial charge in [-0.25, -0.2) is 8.42 Å². The van der Waals surface area contributed by atoms with Crippen molar-refractivity contribution < 1.29 is 31.2 Å². The standard InChI is InChI=1S/C19H18ClF3N2O4S/c1-25(12-17(26)24-16-5-3-2-4-15(16)19(21,22)23)18(27)10-11-30(28,29)14-8-6-13(20)7-9-14/h2-9H,10-12H2,1H3,(H,24,26). The zero-order chi connectivity index (χ0) is 22.5. The van der Waals surface area contributed by atoms with Crippen LogP contribution < -0.4 is 5.32 Å². The molecule has 0 aliphatic heterocycles. The highest BCUT2D eigenvalue weighted by molar-refractivity contribution is 7.91. The highest BCUT2D eigenvalue weighted by atomic mass is 35.5. The first-order valence-electron chi connectivity index (χ1n) is 8.58. The van der Waals surface area contributed by atoms with Crippen LogP contribution in [0.3, 0.4) is 0 Å². The fourth-order valence-corrected chi connectivity index (χ4v) is 3.86. The van der Waals surface area contributed by atoms with Crippen molar-refractivity contribution in [3.63, 3.8) is 0 Å². The number of anilines is 1. The normalized spacial score (nSPS) is 11.8. The minimum absolute atomic E-state index is 0.00357. The Balaban J connectivity index is 1.94. The predicted molar refractivity (Wildman–Crippen MR) is 106 cm³/mol. The van der Waals surface area contributed by atoms with Crippen LogP contribution in [-0.4, -0.2) is 44.5 Å². The van der Waals surface area contributed by atoms with E-state index in [1.165, 1.54) is 43.4 Å². The molecular formula is C19H18ClF3N2O4S. The number of amides is 2. The van der Waals surface area contributed by atoms with E-state index in [1.54, 1.807) is 0 Å². The van der Waals surface area contributed by atoms with Gasteiger partial charge in [-0.05, 0) is 36.4 Å². The molecule has 30 heavy (non-hydrogen) atoms. The SMILES string of the molecule is CN(CC(=O)Nc1ccccc1C(F)(F)F)C(=O)CCS(=O)(=O)c1ccc(Cl)cc1. The molecule has 0 aromatic heterocycles. The van der Waals surface area contributed by atoms with Crippen molar-refractivity contribution in [1.82, 2.24) is 4.90 Å². The van der Waals surface area contributed by atoms with Crippen LogP contribution in [0.4, 0.5) is 18.9 Å². The monoisotopic (exact) mass is 462 g/mol. The third-order valence-corrected chi connectivity index (χ3v) is 6.05. The Hall–Kier alpha value is -2.59. The second-order valence-electron chi connectivity index (χ2n) is 6.36. The summed E-state index contributed by atoms with van der Waals surface area (Å²) in [5, 5.41) is 2.49. The molecule has 0 radical (unpaired) electrons. The number of hydrogen-bond acceptors (Lipinski definition) is 4. The number of nitrogens with zero attached hydrogens (tertiary/aromatic N) is 1. The van der Waals surface area contributed by atoms with Crippen LogP contribution in [0.15, 0.2) is 53.4 Å². The van der Waals surface area contributed by atoms with Crippen molar-refractivity contribution in [3.05, 3.63) is 59.1 Å². The van der Waals surface area contributed by atoms with Crippen molar-refractivity contribution in [3.8, 4) is 0 Å². The Morgan fingerprint density at radius 2 is 1.67 bits per heavy atom. The van der Waals surface area contributed by atoms with E-state index in [2.05, 4.69) is 5.32 Å². The quantitative estimate of drug-likeness (QED) is 0.681. The van der Waals surface area contributed by atoms with Crippen molar-refractivity contribution in [2.75, 3.05) is 24.7 Å². The van der Waals surface area contributed by atoms with Crippen molar-refractivity contribution in [2.45, 2.75) is 17.5 Å². The number of carbonyl (C=O) groups excluding carboxylic acids is 2. The first-order chi connectivity index (χ1) is 13.9. The van der Waals surface area contributed by atoms with E-state index in [4.69, 9.17) is 11.6 Å². The van der Waals surface area contributed by atoms with E-state index in [1.807, 2.05) is 0 Å². The average Bonchev–Trinajstić information content (AvgIpc) is 2.66. The second kappa shape index (κ2) is 9.48. The van der Waals surface area contributed by atoms with Gasteiger partial charge in [0.1, 0.15) is 0 Å². The largest absolute Gasteiger partial charge is 0.418 e. The molecule has 2 aromatic rings. The molecule has 0 spiro atoms. The summed E-state index contributed by atoms with van der Waals surface area (Å²) in [6, 6.07) is 9.90. The number of alkyl halides is 3. The van der Waals surface area contributed by atoms with E-state index >= 15 is 0 Å². The second-order valence-corrected chi connectivity index (χ2v) is 8.91. The summed E-state index contributed by atoms with van der Waals surface area (Å²) >= 11 is 5.72. The van der Waals surface area contributed by atoms with Gasteiger partial charge in [0.05, 0.1) is 28.4 Å². The Kier molecular flexibility index (Phi) is 7.49. The molecule has 162 valence electrons. The highest BCUT2D eigenvalue weighted by Gasteiger charge is 2.33. The molecule has 0 unspecified atom stereocenters. The number of halogens is 4. The van der Waals surface area contributed by atoms with Gasteiger partial charge >= 0.3 is 6.18 Å². The molecule has 2 rings (SSSR count). The molecule has 1 N–H and O–H groups in total. The van der Waals surface area contributed by atoms with Crippen LogP contribution in [0.2, 0.25) is 5.02 Å². The average molecular weight is 463 g/mol. The van der Waals surface area contributed by atoms with E-state index in [0.717, 1.165) is 17.0 Å². The van der Waals surface area contributed by atoms with Gasteiger partial charge in [-0.3, -0.25) is 9.59 Å². The van der Waals surface area contributed by atoms with Gasteiger partial charge in [0.2, 0.25) is 11.8 Å². The summed E-state index contributed by atoms with van der Waals surface area (Å²) in [4.78, 5) is 25.2. The minimum Gasteiger partial charge on any atom is -0.336 e. The summed E-state index contributed by atoms with van der Waals surface area (Å²) < 4.78 is 63.5. The van der Waals surface area contributed by atoms with Crippen molar-refractivity contribution in [2.24, 2.45) is 0 Å². The lowest BCUT2D eigenvalue weighted by atomic mass is 10.1. The van der Waals surface area contributed by atoms with Crippen LogP contribution >= 0.6 is 11.6 Å². The maximum atomic E-state index is 13.0. The molecule has 0 saturated carbocycles. The van der Waals surface area contributed by atoms with Gasteiger partial charge in [0.15, 0.2) is 9.84 Å². The van der Waals surface area contributed by atoms with Gasteiger partial charge in [-0.15, -0.1) is 0 Å². The summed E-state index contributed by atoms with van der Waals surface area (Å²) in [6.45, 7) is -0.536. The molecule has 6 nitrogen and oxygen atoms in total. The summed E-state index contributed by atoms with van der Waals surface area (Å²) in [7, 11) is -2.48. The number of sulfone groups is 1. The van der Waals surface area contributed by atoms with E-state index < -0.39 is 57.8 Å². The molecule has 0 saturated heterocycles. The summed E-state index contributed by atoms with van der Waals surface area (Å²) in [5.41, 5.74) is -1.44. The molecular weight excluding hydrogens is 445 g/mol. The smallest absolute Gasteiger partial charge is 0.336 e. The van der Waals surface area contributed by atoms with Crippen LogP contribution in [0.5, 0.6) is 0 Å². The zero-order valence-electron chi connectivity index (χ0n) is 15.7. The predicted octanol–water partition coefficient (Wildman–Crippen LogP) is 3.62. The van der Waals surface area contributed by atoms with E-state index in [0.29, 0.717) is 5.02 Å². The van der Waals surface area contributed by atoms with Gasteiger partial charge in [-0.1, -0.05) is 23.7 Å². The minimum atomic E-state index is -4.65. The van der Waals surface area contributed by atoms with Crippen molar-refractivity contribution in [1.29, 1.82) is 0 Å². The van der Waals surface area contributed by atoms with Gasteiger partial charge in [0.25, 0.3) is 0 Å². The molecule has 0 heterocycles. The molecule has 0 fully saturated rings. The maximum absolute atomic E-state index is 13.0. The third-order valence-electron chi connectivity index (χ3n) is 4.07. The number of carbonyl (C=O) groups is 2. The Morgan fingerprint density at radius 3 is 2.27 bits per heavy atom. The lowest BCUT2D eigenvalue weighted by Crippen LogP contribution is -2.36. The Labute approximate surface area is 176 Å². The fourth-order valence-electron chi connectivity index (χ4n) is 2.50. The molecule has 11 heteroatoms. The molecule has 0 aliphatic carbocycles. The lowest BCUT2D eigenvalue weighted by molar-refractivity contribution is -0.137. The molecule has 0 bridgehead atoms. The van der Waals surface area contributed by atoms with Crippen LogP contribution in [0.25, 0.3) is 0 Å². The first-order valence-corrected chi connectivity index (χ1v) is 10.6. The maximum Gasteiger partial charge on any atom is 0.418 e. The van der Waals surface area contributed by atoms with Crippen LogP contribution in [0, 0.1) is 0 Å². The third kappa shape index (κ3) is 6.46. The zero-order valence-corrected chi connectivity index (χ0v) is 17.3. The Morgan fingerprint density at radius 1 is 1.07 bits per heavy atom. The Bertz CT molecular complexity index is 1020. The number of hydrogen-bond donors (Lipinski definition) is 1. The highest BCUT2D eigenvalue weighted by Crippen LogP contribution is 2.34. The summed E-state index contributed by atoms with van der Waals surface area (Å²) in [5.74, 6) is -1.98. The number of nitrogens with one attached hydrogen (secondary N) is 1. The summed E-state index contributed by atoms with van der Waals surface area (Å²) in [6.07, 6.45) is -5.05. The number of para-hydroxylation sites is 1. The van der Waals surface area contributed by atoms with E-state index in [9.17, 15) is 31.2 Å². The fraction of sp³-hybridized carbons (Fsp3) is 0.263. The molecule has 0 atom stereocenters. The van der Waals surface area contributed by atoms with E-state index in [-0.39, 0.29) is 4.90 Å². The van der Waals surface area contributed by atoms with Gasteiger partial charge in [0, 0.05) is 18.5 Å². The molecule has 0 aliphatic rings. The van der Waals surface area contributed by atoms with Gasteiger partial charge < -0.3 is 10.2 Å². The number of likely N-dealkylation sites (N-methyl/N-ethyl adjacent to an activating group) is 1. The first kappa shape index (κ1) is 23.7. The number of rotatable bonds is 7. The van der Waals surface area contributed by atoms with Crippen molar-refractivity contribution >= 4 is 38.9 Å². The molecule has 2 amide bonds. The van der Waals surface area contributed by atoms with Crippen LogP contribution in [-0.2, 0) is 25.6 Å². The lowest BCUT2D eigenvalue weighted by Gasteiger charge is -2.18. The topological polar surface area (TPSA) is 83.6 Å². The molecule has 2 aromatic carbocycles. The number of benzene rings is 2. The van der Waals surface area contributed by atoms with Gasteiger partial charge in [-0.2, -0.15) is 13.2 Å².